The topological polar surface area (TPSA) is 61.6 Å². The fourth-order valence-corrected chi connectivity index (χ4v) is 2.79. The maximum atomic E-state index is 14.7. The molecule has 1 aliphatic rings. The molecule has 1 aliphatic heterocycles. The van der Waals surface area contributed by atoms with E-state index >= 15 is 0 Å². The number of halogens is 1. The summed E-state index contributed by atoms with van der Waals surface area (Å²) in [5, 5.41) is 11.0. The first-order valence-electron chi connectivity index (χ1n) is 8.02. The molecule has 1 fully saturated rings. The van der Waals surface area contributed by atoms with Crippen molar-refractivity contribution in [2.24, 2.45) is 0 Å². The van der Waals surface area contributed by atoms with Gasteiger partial charge in [0.15, 0.2) is 0 Å². The maximum absolute atomic E-state index is 14.7. The molecule has 2 aromatic carbocycles. The van der Waals surface area contributed by atoms with Crippen LogP contribution in [0, 0.1) is 15.9 Å². The lowest BCUT2D eigenvalue weighted by atomic mass is 9.74. The molecular weight excluding hydrogens is 324 g/mol. The Kier molecular flexibility index (Phi) is 4.17. The Labute approximate surface area is 146 Å². The number of nitro groups is 1. The van der Waals surface area contributed by atoms with Gasteiger partial charge in [-0.2, -0.15) is 4.39 Å². The molecule has 0 amide bonds. The molecule has 0 aliphatic carbocycles. The quantitative estimate of drug-likeness (QED) is 0.484. The summed E-state index contributed by atoms with van der Waals surface area (Å²) in [7, 11) is -0.681. The van der Waals surface area contributed by atoms with E-state index in [2.05, 4.69) is 0 Å². The third-order valence-corrected chi connectivity index (χ3v) is 4.93. The predicted octanol–water partition coefficient (Wildman–Crippen LogP) is 3.70. The molecular formula is C18H19BFNO4. The van der Waals surface area contributed by atoms with E-state index in [1.165, 1.54) is 12.1 Å². The van der Waals surface area contributed by atoms with Crippen molar-refractivity contribution in [3.8, 4) is 11.1 Å². The Morgan fingerprint density at radius 1 is 0.960 bits per heavy atom. The lowest BCUT2D eigenvalue weighted by Crippen LogP contribution is -2.41. The summed E-state index contributed by atoms with van der Waals surface area (Å²) in [6.07, 6.45) is 0. The first-order valence-corrected chi connectivity index (χ1v) is 8.02. The number of hydrogen-bond acceptors (Lipinski definition) is 4. The van der Waals surface area contributed by atoms with Crippen LogP contribution >= 0.6 is 0 Å². The smallest absolute Gasteiger partial charge is 0.399 e. The third-order valence-electron chi connectivity index (χ3n) is 4.93. The van der Waals surface area contributed by atoms with Crippen molar-refractivity contribution in [3.05, 3.63) is 58.4 Å². The fraction of sp³-hybridized carbons (Fsp3) is 0.333. The number of nitro benzene ring substituents is 1. The van der Waals surface area contributed by atoms with E-state index in [0.29, 0.717) is 11.0 Å². The van der Waals surface area contributed by atoms with Gasteiger partial charge in [0.05, 0.1) is 16.1 Å². The molecule has 0 aromatic heterocycles. The van der Waals surface area contributed by atoms with E-state index in [-0.39, 0.29) is 5.56 Å². The lowest BCUT2D eigenvalue weighted by Gasteiger charge is -2.32. The van der Waals surface area contributed by atoms with Crippen molar-refractivity contribution < 1.29 is 18.6 Å². The molecule has 3 rings (SSSR count). The standard InChI is InChI=1S/C18H19BFNO4/c1-17(2)18(3,4)25-19(24-17)14-10-6-5-8-12(14)13-9-7-11-15(16(13)20)21(22)23/h5-11H,1-4H3. The number of benzene rings is 2. The molecule has 130 valence electrons. The highest BCUT2D eigenvalue weighted by atomic mass is 19.1. The lowest BCUT2D eigenvalue weighted by molar-refractivity contribution is -0.387. The molecule has 7 heteroatoms. The summed E-state index contributed by atoms with van der Waals surface area (Å²) < 4.78 is 26.8. The first-order chi connectivity index (χ1) is 11.6. The zero-order valence-corrected chi connectivity index (χ0v) is 14.6. The van der Waals surface area contributed by atoms with Gasteiger partial charge in [-0.3, -0.25) is 10.1 Å². The SMILES string of the molecule is CC1(C)OB(c2ccccc2-c2cccc([N+](=O)[O-])c2F)OC1(C)C. The second-order valence-corrected chi connectivity index (χ2v) is 7.07. The predicted molar refractivity (Wildman–Crippen MR) is 94.2 cm³/mol. The van der Waals surface area contributed by atoms with Gasteiger partial charge in [-0.1, -0.05) is 36.4 Å². The second kappa shape index (κ2) is 5.93. The average Bonchev–Trinajstić information content (AvgIpc) is 2.75. The highest BCUT2D eigenvalue weighted by Gasteiger charge is 2.52. The summed E-state index contributed by atoms with van der Waals surface area (Å²) in [6, 6.07) is 11.2. The van der Waals surface area contributed by atoms with Crippen LogP contribution in [0.3, 0.4) is 0 Å². The average molecular weight is 343 g/mol. The third kappa shape index (κ3) is 2.94. The van der Waals surface area contributed by atoms with Crippen LogP contribution in [0.15, 0.2) is 42.5 Å². The Morgan fingerprint density at radius 3 is 2.12 bits per heavy atom. The van der Waals surface area contributed by atoms with Crippen molar-refractivity contribution in [2.75, 3.05) is 0 Å². The fourth-order valence-electron chi connectivity index (χ4n) is 2.79. The summed E-state index contributed by atoms with van der Waals surface area (Å²) in [4.78, 5) is 10.3. The van der Waals surface area contributed by atoms with E-state index < -0.39 is 34.7 Å². The zero-order valence-electron chi connectivity index (χ0n) is 14.6. The van der Waals surface area contributed by atoms with E-state index in [1.54, 1.807) is 24.3 Å². The van der Waals surface area contributed by atoms with Crippen LogP contribution < -0.4 is 5.46 Å². The van der Waals surface area contributed by atoms with E-state index in [9.17, 15) is 14.5 Å². The summed E-state index contributed by atoms with van der Waals surface area (Å²) in [6.45, 7) is 7.74. The van der Waals surface area contributed by atoms with E-state index in [1.807, 2.05) is 27.7 Å². The summed E-state index contributed by atoms with van der Waals surface area (Å²) in [5.74, 6) is -0.864. The zero-order chi connectivity index (χ0) is 18.4. The highest BCUT2D eigenvalue weighted by Crippen LogP contribution is 2.37. The molecule has 0 atom stereocenters. The molecule has 1 heterocycles. The summed E-state index contributed by atoms with van der Waals surface area (Å²) in [5.41, 5.74) is -0.318. The van der Waals surface area contributed by atoms with Gasteiger partial charge in [0.25, 0.3) is 0 Å². The van der Waals surface area contributed by atoms with Crippen LogP contribution in [0.1, 0.15) is 27.7 Å². The summed E-state index contributed by atoms with van der Waals surface area (Å²) >= 11 is 0. The molecule has 1 saturated heterocycles. The van der Waals surface area contributed by atoms with Crippen molar-refractivity contribution in [1.82, 2.24) is 0 Å². The van der Waals surface area contributed by atoms with Crippen molar-refractivity contribution in [3.63, 3.8) is 0 Å². The van der Waals surface area contributed by atoms with Crippen LogP contribution in [0.2, 0.25) is 0 Å². The highest BCUT2D eigenvalue weighted by molar-refractivity contribution is 6.63. The van der Waals surface area contributed by atoms with Crippen molar-refractivity contribution in [1.29, 1.82) is 0 Å². The number of hydrogen-bond donors (Lipinski definition) is 0. The van der Waals surface area contributed by atoms with Crippen molar-refractivity contribution in [2.45, 2.75) is 38.9 Å². The van der Waals surface area contributed by atoms with Gasteiger partial charge in [-0.25, -0.2) is 0 Å². The molecule has 0 spiro atoms. The number of rotatable bonds is 3. The van der Waals surface area contributed by atoms with Crippen LogP contribution in [-0.2, 0) is 9.31 Å². The Balaban J connectivity index is 2.10. The Hall–Kier alpha value is -2.25. The maximum Gasteiger partial charge on any atom is 0.495 e. The molecule has 0 saturated carbocycles. The second-order valence-electron chi connectivity index (χ2n) is 7.07. The molecule has 0 N–H and O–H groups in total. The van der Waals surface area contributed by atoms with Gasteiger partial charge < -0.3 is 9.31 Å². The van der Waals surface area contributed by atoms with Crippen molar-refractivity contribution >= 4 is 18.3 Å². The van der Waals surface area contributed by atoms with Crippen LogP contribution in [0.4, 0.5) is 10.1 Å². The molecule has 0 bridgehead atoms. The minimum absolute atomic E-state index is 0.152. The monoisotopic (exact) mass is 343 g/mol. The molecule has 0 radical (unpaired) electrons. The van der Waals surface area contributed by atoms with Gasteiger partial charge in [0, 0.05) is 11.6 Å². The Morgan fingerprint density at radius 2 is 1.52 bits per heavy atom. The van der Waals surface area contributed by atoms with E-state index in [4.69, 9.17) is 9.31 Å². The van der Waals surface area contributed by atoms with Crippen LogP contribution in [0.5, 0.6) is 0 Å². The minimum atomic E-state index is -0.864. The minimum Gasteiger partial charge on any atom is -0.399 e. The molecule has 5 nitrogen and oxygen atoms in total. The molecule has 25 heavy (non-hydrogen) atoms. The van der Waals surface area contributed by atoms with Gasteiger partial charge in [-0.15, -0.1) is 0 Å². The molecule has 2 aromatic rings. The molecule has 0 unspecified atom stereocenters. The van der Waals surface area contributed by atoms with Gasteiger partial charge in [0.1, 0.15) is 0 Å². The van der Waals surface area contributed by atoms with Gasteiger partial charge in [-0.05, 0) is 38.7 Å². The Bertz CT molecular complexity index is 822. The largest absolute Gasteiger partial charge is 0.495 e. The number of nitrogens with zero attached hydrogens (tertiary/aromatic N) is 1. The van der Waals surface area contributed by atoms with Gasteiger partial charge >= 0.3 is 12.8 Å². The van der Waals surface area contributed by atoms with Crippen LogP contribution in [-0.4, -0.2) is 23.2 Å². The van der Waals surface area contributed by atoms with E-state index in [0.717, 1.165) is 6.07 Å². The normalized spacial score (nSPS) is 18.4. The van der Waals surface area contributed by atoms with Crippen LogP contribution in [0.25, 0.3) is 11.1 Å². The first kappa shape index (κ1) is 17.6. The van der Waals surface area contributed by atoms with Gasteiger partial charge in [0.2, 0.25) is 5.82 Å².